The van der Waals surface area contributed by atoms with E-state index < -0.39 is 10.0 Å². The number of aromatic nitrogens is 1. The summed E-state index contributed by atoms with van der Waals surface area (Å²) in [7, 11) is -3.62. The first-order chi connectivity index (χ1) is 9.47. The molecule has 2 aromatic rings. The average molecular weight is 356 g/mol. The van der Waals surface area contributed by atoms with Gasteiger partial charge in [-0.25, -0.2) is 13.6 Å². The molecule has 0 saturated carbocycles. The number of halogens is 1. The summed E-state index contributed by atoms with van der Waals surface area (Å²) >= 11 is 3.41. The van der Waals surface area contributed by atoms with Crippen LogP contribution in [0.5, 0.6) is 0 Å². The lowest BCUT2D eigenvalue weighted by Crippen LogP contribution is -2.12. The Labute approximate surface area is 126 Å². The Hall–Kier alpha value is -1.44. The molecule has 0 aliphatic carbocycles. The van der Waals surface area contributed by atoms with Crippen LogP contribution in [-0.2, 0) is 16.4 Å². The van der Waals surface area contributed by atoms with Gasteiger partial charge in [-0.3, -0.25) is 4.98 Å². The number of nitrogens with two attached hydrogens (primary N) is 1. The van der Waals surface area contributed by atoms with Crippen LogP contribution in [0, 0.1) is 0 Å². The first kappa shape index (κ1) is 15.0. The second kappa shape index (κ2) is 6.34. The number of sulfonamides is 1. The predicted octanol–water partition coefficient (Wildman–Crippen LogP) is 2.15. The van der Waals surface area contributed by atoms with Crippen molar-refractivity contribution in [2.75, 3.05) is 11.9 Å². The maximum atomic E-state index is 11.1. The lowest BCUT2D eigenvalue weighted by molar-refractivity contribution is 0.598. The molecule has 0 unspecified atom stereocenters. The third-order valence-corrected chi connectivity index (χ3v) is 4.31. The van der Waals surface area contributed by atoms with Gasteiger partial charge >= 0.3 is 0 Å². The molecule has 7 heteroatoms. The smallest absolute Gasteiger partial charge is 0.238 e. The summed E-state index contributed by atoms with van der Waals surface area (Å²) in [5.74, 6) is 0. The van der Waals surface area contributed by atoms with Crippen molar-refractivity contribution in [3.8, 4) is 0 Å². The second-order valence-corrected chi connectivity index (χ2v) is 6.64. The minimum absolute atomic E-state index is 0.131. The van der Waals surface area contributed by atoms with Crippen LogP contribution in [0.25, 0.3) is 0 Å². The molecule has 3 N–H and O–H groups in total. The maximum Gasteiger partial charge on any atom is 0.238 e. The van der Waals surface area contributed by atoms with Crippen molar-refractivity contribution in [3.63, 3.8) is 0 Å². The zero-order valence-electron chi connectivity index (χ0n) is 10.6. The standard InChI is InChI=1S/C13H14BrN3O2S/c14-12-9-16-7-6-13(12)17-8-5-10-1-3-11(4-2-10)20(15,18)19/h1-4,6-7,9H,5,8H2,(H,16,17)(H2,15,18,19). The number of nitrogens with zero attached hydrogens (tertiary/aromatic N) is 1. The first-order valence-corrected chi connectivity index (χ1v) is 8.26. The molecule has 20 heavy (non-hydrogen) atoms. The fraction of sp³-hybridized carbons (Fsp3) is 0.154. The third-order valence-electron chi connectivity index (χ3n) is 2.75. The van der Waals surface area contributed by atoms with Crippen molar-refractivity contribution >= 4 is 31.6 Å². The van der Waals surface area contributed by atoms with E-state index in [0.29, 0.717) is 0 Å². The van der Waals surface area contributed by atoms with E-state index >= 15 is 0 Å². The zero-order valence-corrected chi connectivity index (χ0v) is 13.0. The summed E-state index contributed by atoms with van der Waals surface area (Å²) in [5.41, 5.74) is 2.01. The van der Waals surface area contributed by atoms with Gasteiger partial charge < -0.3 is 5.32 Å². The minimum atomic E-state index is -3.62. The van der Waals surface area contributed by atoms with Crippen LogP contribution in [-0.4, -0.2) is 19.9 Å². The van der Waals surface area contributed by atoms with E-state index in [4.69, 9.17) is 5.14 Å². The lowest BCUT2D eigenvalue weighted by Gasteiger charge is -2.08. The van der Waals surface area contributed by atoms with Crippen molar-refractivity contribution in [2.45, 2.75) is 11.3 Å². The molecule has 0 aliphatic rings. The Bertz CT molecular complexity index is 687. The number of primary sulfonamides is 1. The molecule has 0 amide bonds. The molecule has 0 aliphatic heterocycles. The van der Waals surface area contributed by atoms with Gasteiger partial charge in [0.2, 0.25) is 10.0 Å². The fourth-order valence-electron chi connectivity index (χ4n) is 1.71. The van der Waals surface area contributed by atoms with Crippen molar-refractivity contribution in [1.82, 2.24) is 4.98 Å². The van der Waals surface area contributed by atoms with Gasteiger partial charge in [-0.1, -0.05) is 12.1 Å². The van der Waals surface area contributed by atoms with Gasteiger partial charge in [0.15, 0.2) is 0 Å². The van der Waals surface area contributed by atoms with E-state index in [0.717, 1.165) is 28.7 Å². The highest BCUT2D eigenvalue weighted by molar-refractivity contribution is 9.10. The van der Waals surface area contributed by atoms with E-state index in [2.05, 4.69) is 26.2 Å². The van der Waals surface area contributed by atoms with Gasteiger partial charge in [0, 0.05) is 18.9 Å². The molecule has 106 valence electrons. The molecule has 5 nitrogen and oxygen atoms in total. The molecule has 0 radical (unpaired) electrons. The molecular formula is C13H14BrN3O2S. The maximum absolute atomic E-state index is 11.1. The van der Waals surface area contributed by atoms with Gasteiger partial charge in [0.25, 0.3) is 0 Å². The number of benzene rings is 1. The molecule has 1 aromatic carbocycles. The van der Waals surface area contributed by atoms with Crippen molar-refractivity contribution in [3.05, 3.63) is 52.8 Å². The number of hydrogen-bond acceptors (Lipinski definition) is 4. The summed E-state index contributed by atoms with van der Waals surface area (Å²) in [6.45, 7) is 0.733. The first-order valence-electron chi connectivity index (χ1n) is 5.92. The van der Waals surface area contributed by atoms with Gasteiger partial charge in [-0.15, -0.1) is 0 Å². The summed E-state index contributed by atoms with van der Waals surface area (Å²) in [5, 5.41) is 8.32. The van der Waals surface area contributed by atoms with Crippen LogP contribution >= 0.6 is 15.9 Å². The predicted molar refractivity (Wildman–Crippen MR) is 81.9 cm³/mol. The quantitative estimate of drug-likeness (QED) is 0.860. The Morgan fingerprint density at radius 2 is 1.90 bits per heavy atom. The third kappa shape index (κ3) is 4.03. The van der Waals surface area contributed by atoms with Gasteiger partial charge in [0.1, 0.15) is 0 Å². The van der Waals surface area contributed by atoms with Crippen molar-refractivity contribution in [2.24, 2.45) is 5.14 Å². The van der Waals surface area contributed by atoms with E-state index in [1.54, 1.807) is 24.5 Å². The topological polar surface area (TPSA) is 85.1 Å². The number of pyridine rings is 1. The van der Waals surface area contributed by atoms with Gasteiger partial charge in [-0.2, -0.15) is 0 Å². The number of hydrogen-bond donors (Lipinski definition) is 2. The summed E-state index contributed by atoms with van der Waals surface area (Å²) in [6, 6.07) is 8.46. The zero-order chi connectivity index (χ0) is 14.6. The SMILES string of the molecule is NS(=O)(=O)c1ccc(CCNc2ccncc2Br)cc1. The molecule has 0 saturated heterocycles. The Kier molecular flexibility index (Phi) is 4.74. The highest BCUT2D eigenvalue weighted by atomic mass is 79.9. The minimum Gasteiger partial charge on any atom is -0.384 e. The van der Waals surface area contributed by atoms with Crippen LogP contribution in [0.15, 0.2) is 52.1 Å². The molecule has 0 fully saturated rings. The number of anilines is 1. The van der Waals surface area contributed by atoms with E-state index in [1.807, 2.05) is 6.07 Å². The lowest BCUT2D eigenvalue weighted by atomic mass is 10.1. The number of nitrogens with one attached hydrogen (secondary N) is 1. The van der Waals surface area contributed by atoms with Crippen LogP contribution < -0.4 is 10.5 Å². The van der Waals surface area contributed by atoms with Crippen molar-refractivity contribution in [1.29, 1.82) is 0 Å². The number of rotatable bonds is 5. The average Bonchev–Trinajstić information content (AvgIpc) is 2.40. The van der Waals surface area contributed by atoms with Gasteiger partial charge in [-0.05, 0) is 46.1 Å². The van der Waals surface area contributed by atoms with Crippen LogP contribution in [0.2, 0.25) is 0 Å². The van der Waals surface area contributed by atoms with E-state index in [-0.39, 0.29) is 4.90 Å². The monoisotopic (exact) mass is 355 g/mol. The Balaban J connectivity index is 1.94. The normalized spacial score (nSPS) is 11.3. The molecule has 0 spiro atoms. The summed E-state index contributed by atoms with van der Waals surface area (Å²) in [4.78, 5) is 4.12. The molecular weight excluding hydrogens is 342 g/mol. The van der Waals surface area contributed by atoms with E-state index in [1.165, 1.54) is 12.1 Å². The second-order valence-electron chi connectivity index (χ2n) is 4.22. The summed E-state index contributed by atoms with van der Waals surface area (Å²) in [6.07, 6.45) is 4.22. The largest absolute Gasteiger partial charge is 0.384 e. The van der Waals surface area contributed by atoms with Crippen LogP contribution in [0.4, 0.5) is 5.69 Å². The van der Waals surface area contributed by atoms with Crippen molar-refractivity contribution < 1.29 is 8.42 Å². The molecule has 0 bridgehead atoms. The molecule has 1 aromatic heterocycles. The Morgan fingerprint density at radius 1 is 1.20 bits per heavy atom. The highest BCUT2D eigenvalue weighted by Gasteiger charge is 2.06. The van der Waals surface area contributed by atoms with E-state index in [9.17, 15) is 8.42 Å². The molecule has 2 rings (SSSR count). The summed E-state index contributed by atoms with van der Waals surface area (Å²) < 4.78 is 23.2. The van der Waals surface area contributed by atoms with Crippen LogP contribution in [0.1, 0.15) is 5.56 Å². The fourth-order valence-corrected chi connectivity index (χ4v) is 2.61. The Morgan fingerprint density at radius 3 is 2.50 bits per heavy atom. The van der Waals surface area contributed by atoms with Crippen LogP contribution in [0.3, 0.4) is 0 Å². The molecule has 0 atom stereocenters. The molecule has 1 heterocycles. The van der Waals surface area contributed by atoms with Gasteiger partial charge in [0.05, 0.1) is 15.1 Å². The highest BCUT2D eigenvalue weighted by Crippen LogP contribution is 2.19.